The predicted molar refractivity (Wildman–Crippen MR) is 115 cm³/mol. The Labute approximate surface area is 164 Å². The highest BCUT2D eigenvalue weighted by molar-refractivity contribution is 5.69. The first-order chi connectivity index (χ1) is 12.8. The van der Waals surface area contributed by atoms with Crippen LogP contribution in [0.3, 0.4) is 0 Å². The Morgan fingerprint density at radius 1 is 0.615 bits per heavy atom. The molecule has 0 aliphatic rings. The zero-order valence-electron chi connectivity index (χ0n) is 17.9. The van der Waals surface area contributed by atoms with E-state index in [2.05, 4.69) is 26.0 Å². The van der Waals surface area contributed by atoms with E-state index in [0.717, 1.165) is 19.3 Å². The first-order valence-electron chi connectivity index (χ1n) is 11.6. The van der Waals surface area contributed by atoms with E-state index in [0.29, 0.717) is 13.0 Å². The van der Waals surface area contributed by atoms with Crippen LogP contribution < -0.4 is 0 Å². The van der Waals surface area contributed by atoms with Gasteiger partial charge in [0.2, 0.25) is 0 Å². The van der Waals surface area contributed by atoms with Crippen molar-refractivity contribution in [2.45, 2.75) is 129 Å². The zero-order chi connectivity index (χ0) is 19.1. The third kappa shape index (κ3) is 21.3. The normalized spacial score (nSPS) is 11.3. The lowest BCUT2D eigenvalue weighted by Gasteiger charge is -2.05. The molecule has 154 valence electrons. The molecule has 0 heterocycles. The summed E-state index contributed by atoms with van der Waals surface area (Å²) >= 11 is 0. The second-order valence-corrected chi connectivity index (χ2v) is 7.62. The fourth-order valence-corrected chi connectivity index (χ4v) is 3.11. The predicted octanol–water partition coefficient (Wildman–Crippen LogP) is 8.15. The van der Waals surface area contributed by atoms with Gasteiger partial charge in [-0.3, -0.25) is 4.79 Å². The van der Waals surface area contributed by atoms with Crippen LogP contribution in [0.15, 0.2) is 12.2 Å². The third-order valence-electron chi connectivity index (χ3n) is 4.90. The van der Waals surface area contributed by atoms with Gasteiger partial charge in [-0.25, -0.2) is 0 Å². The Hall–Kier alpha value is -0.790. The van der Waals surface area contributed by atoms with Crippen molar-refractivity contribution in [1.29, 1.82) is 0 Å². The molecule has 0 saturated heterocycles. The monoisotopic (exact) mass is 366 g/mol. The molecule has 0 aromatic rings. The maximum absolute atomic E-state index is 11.7. The van der Waals surface area contributed by atoms with Crippen LogP contribution in [0.5, 0.6) is 0 Å². The molecule has 0 aromatic heterocycles. The first-order valence-corrected chi connectivity index (χ1v) is 11.6. The molecule has 0 fully saturated rings. The Kier molecular flexibility index (Phi) is 21.6. The van der Waals surface area contributed by atoms with Crippen LogP contribution >= 0.6 is 0 Å². The number of hydrogen-bond donors (Lipinski definition) is 0. The molecule has 0 radical (unpaired) electrons. The van der Waals surface area contributed by atoms with Gasteiger partial charge in [-0.1, -0.05) is 103 Å². The van der Waals surface area contributed by atoms with E-state index in [-0.39, 0.29) is 5.97 Å². The molecule has 0 aliphatic heterocycles. The summed E-state index contributed by atoms with van der Waals surface area (Å²) in [6.45, 7) is 5.11. The molecule has 26 heavy (non-hydrogen) atoms. The third-order valence-corrected chi connectivity index (χ3v) is 4.90. The van der Waals surface area contributed by atoms with Crippen LogP contribution in [-0.2, 0) is 9.53 Å². The Morgan fingerprint density at radius 3 is 1.77 bits per heavy atom. The van der Waals surface area contributed by atoms with E-state index in [1.165, 1.54) is 89.9 Å². The van der Waals surface area contributed by atoms with Gasteiger partial charge in [-0.05, 0) is 32.1 Å². The second-order valence-electron chi connectivity index (χ2n) is 7.62. The number of esters is 1. The summed E-state index contributed by atoms with van der Waals surface area (Å²) < 4.78 is 5.33. The first kappa shape index (κ1) is 25.2. The molecule has 0 N–H and O–H groups in total. The molecule has 0 saturated carbocycles. The number of rotatable bonds is 20. The Bertz CT molecular complexity index is 309. The van der Waals surface area contributed by atoms with Crippen LogP contribution in [0.25, 0.3) is 0 Å². The van der Waals surface area contributed by atoms with Crippen LogP contribution in [0.2, 0.25) is 0 Å². The Balaban J connectivity index is 3.19. The molecule has 0 aliphatic carbocycles. The van der Waals surface area contributed by atoms with Crippen molar-refractivity contribution in [2.24, 2.45) is 0 Å². The van der Waals surface area contributed by atoms with E-state index in [4.69, 9.17) is 4.74 Å². The summed E-state index contributed by atoms with van der Waals surface area (Å²) in [5.41, 5.74) is 0. The smallest absolute Gasteiger partial charge is 0.305 e. The van der Waals surface area contributed by atoms with Crippen molar-refractivity contribution >= 4 is 5.97 Å². The van der Waals surface area contributed by atoms with Crippen molar-refractivity contribution in [3.05, 3.63) is 12.2 Å². The van der Waals surface area contributed by atoms with Gasteiger partial charge in [0.25, 0.3) is 0 Å². The van der Waals surface area contributed by atoms with Gasteiger partial charge in [-0.2, -0.15) is 0 Å². The number of carbonyl (C=O) groups is 1. The van der Waals surface area contributed by atoms with E-state index in [1.54, 1.807) is 0 Å². The van der Waals surface area contributed by atoms with E-state index >= 15 is 0 Å². The highest BCUT2D eigenvalue weighted by Gasteiger charge is 2.02. The summed E-state index contributed by atoms with van der Waals surface area (Å²) in [7, 11) is 0. The molecular formula is C24H46O2. The number of hydrogen-bond acceptors (Lipinski definition) is 2. The van der Waals surface area contributed by atoms with Gasteiger partial charge in [-0.15, -0.1) is 0 Å². The topological polar surface area (TPSA) is 26.3 Å². The SMILES string of the molecule is CCCC/C=C/CCCCCCCC(=O)OCCCCCCCCCC. The van der Waals surface area contributed by atoms with Gasteiger partial charge in [0, 0.05) is 6.42 Å². The van der Waals surface area contributed by atoms with E-state index in [9.17, 15) is 4.79 Å². The highest BCUT2D eigenvalue weighted by Crippen LogP contribution is 2.10. The lowest BCUT2D eigenvalue weighted by atomic mass is 10.1. The molecule has 0 bridgehead atoms. The number of unbranched alkanes of at least 4 members (excludes halogenated alkanes) is 14. The molecule has 0 atom stereocenters. The van der Waals surface area contributed by atoms with Crippen molar-refractivity contribution in [3.8, 4) is 0 Å². The van der Waals surface area contributed by atoms with E-state index in [1.807, 2.05) is 0 Å². The summed E-state index contributed by atoms with van der Waals surface area (Å²) in [4.78, 5) is 11.7. The quantitative estimate of drug-likeness (QED) is 0.123. The molecular weight excluding hydrogens is 320 g/mol. The van der Waals surface area contributed by atoms with Gasteiger partial charge in [0.05, 0.1) is 6.61 Å². The van der Waals surface area contributed by atoms with Crippen LogP contribution in [-0.4, -0.2) is 12.6 Å². The standard InChI is InChI=1S/C24H46O2/c1-3-5-7-9-11-13-14-15-16-18-20-22-24(25)26-23-21-19-17-12-10-8-6-4-2/h9,11H,3-8,10,12-23H2,1-2H3/b11-9+. The summed E-state index contributed by atoms with van der Waals surface area (Å²) in [5.74, 6) is 0.00630. The molecule has 2 nitrogen and oxygen atoms in total. The molecule has 0 amide bonds. The van der Waals surface area contributed by atoms with Crippen molar-refractivity contribution in [3.63, 3.8) is 0 Å². The van der Waals surface area contributed by atoms with Gasteiger partial charge >= 0.3 is 5.97 Å². The molecule has 0 rings (SSSR count). The average Bonchev–Trinajstić information content (AvgIpc) is 2.64. The lowest BCUT2D eigenvalue weighted by molar-refractivity contribution is -0.143. The summed E-state index contributed by atoms with van der Waals surface area (Å²) in [6, 6.07) is 0. The van der Waals surface area contributed by atoms with Gasteiger partial charge in [0.1, 0.15) is 0 Å². The van der Waals surface area contributed by atoms with Crippen LogP contribution in [0.4, 0.5) is 0 Å². The number of ether oxygens (including phenoxy) is 1. The number of allylic oxidation sites excluding steroid dienone is 2. The van der Waals surface area contributed by atoms with Gasteiger partial charge < -0.3 is 4.74 Å². The summed E-state index contributed by atoms with van der Waals surface area (Å²) in [5, 5.41) is 0. The fourth-order valence-electron chi connectivity index (χ4n) is 3.11. The molecule has 0 aromatic carbocycles. The minimum absolute atomic E-state index is 0.00630. The molecule has 0 unspecified atom stereocenters. The molecule has 0 spiro atoms. The average molecular weight is 367 g/mol. The fraction of sp³-hybridized carbons (Fsp3) is 0.875. The van der Waals surface area contributed by atoms with Crippen LogP contribution in [0, 0.1) is 0 Å². The van der Waals surface area contributed by atoms with Crippen molar-refractivity contribution in [2.75, 3.05) is 6.61 Å². The zero-order valence-corrected chi connectivity index (χ0v) is 17.9. The van der Waals surface area contributed by atoms with Crippen molar-refractivity contribution < 1.29 is 9.53 Å². The molecule has 2 heteroatoms. The largest absolute Gasteiger partial charge is 0.466 e. The lowest BCUT2D eigenvalue weighted by Crippen LogP contribution is -2.05. The minimum atomic E-state index is 0.00630. The van der Waals surface area contributed by atoms with Crippen LogP contribution in [0.1, 0.15) is 129 Å². The van der Waals surface area contributed by atoms with Crippen molar-refractivity contribution in [1.82, 2.24) is 0 Å². The van der Waals surface area contributed by atoms with E-state index < -0.39 is 0 Å². The summed E-state index contributed by atoms with van der Waals surface area (Å²) in [6.07, 6.45) is 26.5. The van der Waals surface area contributed by atoms with Gasteiger partial charge in [0.15, 0.2) is 0 Å². The second kappa shape index (κ2) is 22.3. The maximum atomic E-state index is 11.7. The number of carbonyl (C=O) groups excluding carboxylic acids is 1. The highest BCUT2D eigenvalue weighted by atomic mass is 16.5. The Morgan fingerprint density at radius 2 is 1.12 bits per heavy atom. The minimum Gasteiger partial charge on any atom is -0.466 e. The maximum Gasteiger partial charge on any atom is 0.305 e.